The molecule has 0 heterocycles. The van der Waals surface area contributed by atoms with Crippen molar-refractivity contribution in [3.05, 3.63) is 35.1 Å². The van der Waals surface area contributed by atoms with E-state index >= 15 is 0 Å². The van der Waals surface area contributed by atoms with Gasteiger partial charge in [0.2, 0.25) is 0 Å². The van der Waals surface area contributed by atoms with E-state index in [0.29, 0.717) is 18.5 Å². The van der Waals surface area contributed by atoms with Crippen LogP contribution in [0.4, 0.5) is 4.39 Å². The first-order valence-corrected chi connectivity index (χ1v) is 6.86. The van der Waals surface area contributed by atoms with Crippen LogP contribution in [0.25, 0.3) is 0 Å². The SMILES string of the molecule is CCCCCNC(=O)c1cc(C#CCCO)ccc1F. The standard InChI is InChI=1S/C16H20FNO2/c1-2-3-5-10-18-16(20)14-12-13(7-4-6-11-19)8-9-15(14)17/h8-9,12,19H,2-3,5-6,10-11H2,1H3,(H,18,20). The molecule has 0 spiro atoms. The van der Waals surface area contributed by atoms with Crippen LogP contribution in [-0.4, -0.2) is 24.2 Å². The van der Waals surface area contributed by atoms with Crippen LogP contribution >= 0.6 is 0 Å². The van der Waals surface area contributed by atoms with Gasteiger partial charge in [-0.3, -0.25) is 4.79 Å². The highest BCUT2D eigenvalue weighted by Gasteiger charge is 2.11. The minimum absolute atomic E-state index is 0.0114. The van der Waals surface area contributed by atoms with E-state index in [0.717, 1.165) is 19.3 Å². The molecule has 0 fully saturated rings. The quantitative estimate of drug-likeness (QED) is 0.620. The van der Waals surface area contributed by atoms with Crippen LogP contribution < -0.4 is 5.32 Å². The maximum atomic E-state index is 13.6. The van der Waals surface area contributed by atoms with Crippen LogP contribution in [0.5, 0.6) is 0 Å². The van der Waals surface area contributed by atoms with Crippen molar-refractivity contribution in [2.75, 3.05) is 13.2 Å². The van der Waals surface area contributed by atoms with Gasteiger partial charge in [0, 0.05) is 18.5 Å². The van der Waals surface area contributed by atoms with Gasteiger partial charge in [0.15, 0.2) is 0 Å². The zero-order chi connectivity index (χ0) is 14.8. The lowest BCUT2D eigenvalue weighted by Crippen LogP contribution is -2.25. The molecule has 1 amide bonds. The highest BCUT2D eigenvalue weighted by molar-refractivity contribution is 5.94. The van der Waals surface area contributed by atoms with Crippen molar-refractivity contribution in [1.29, 1.82) is 0 Å². The minimum Gasteiger partial charge on any atom is -0.395 e. The van der Waals surface area contributed by atoms with Crippen molar-refractivity contribution < 1.29 is 14.3 Å². The fourth-order valence-electron chi connectivity index (χ4n) is 1.67. The van der Waals surface area contributed by atoms with Gasteiger partial charge in [-0.25, -0.2) is 4.39 Å². The predicted molar refractivity (Wildman–Crippen MR) is 76.8 cm³/mol. The van der Waals surface area contributed by atoms with Crippen LogP contribution in [0.15, 0.2) is 18.2 Å². The summed E-state index contributed by atoms with van der Waals surface area (Å²) in [6, 6.07) is 4.20. The van der Waals surface area contributed by atoms with Crippen molar-refractivity contribution in [1.82, 2.24) is 5.32 Å². The molecule has 0 saturated heterocycles. The second-order valence-electron chi connectivity index (χ2n) is 4.43. The lowest BCUT2D eigenvalue weighted by Gasteiger charge is -2.06. The summed E-state index contributed by atoms with van der Waals surface area (Å²) in [6.45, 7) is 2.61. The number of nitrogens with one attached hydrogen (secondary N) is 1. The molecular formula is C16H20FNO2. The van der Waals surface area contributed by atoms with Crippen molar-refractivity contribution in [3.8, 4) is 11.8 Å². The summed E-state index contributed by atoms with van der Waals surface area (Å²) in [5.74, 6) is 4.57. The monoisotopic (exact) mass is 277 g/mol. The van der Waals surface area contributed by atoms with Crippen LogP contribution in [0.1, 0.15) is 48.5 Å². The Balaban J connectivity index is 2.71. The Bertz CT molecular complexity index is 503. The van der Waals surface area contributed by atoms with Gasteiger partial charge in [-0.15, -0.1) is 0 Å². The maximum absolute atomic E-state index is 13.6. The van der Waals surface area contributed by atoms with Crippen LogP contribution in [0, 0.1) is 17.7 Å². The molecule has 0 atom stereocenters. The van der Waals surface area contributed by atoms with Crippen molar-refractivity contribution >= 4 is 5.91 Å². The van der Waals surface area contributed by atoms with Gasteiger partial charge in [-0.2, -0.15) is 0 Å². The molecular weight excluding hydrogens is 257 g/mol. The van der Waals surface area contributed by atoms with E-state index in [1.165, 1.54) is 18.2 Å². The van der Waals surface area contributed by atoms with E-state index in [1.807, 2.05) is 0 Å². The summed E-state index contributed by atoms with van der Waals surface area (Å²) in [4.78, 5) is 11.9. The molecule has 0 aliphatic heterocycles. The zero-order valence-electron chi connectivity index (χ0n) is 11.7. The number of hydrogen-bond acceptors (Lipinski definition) is 2. The number of rotatable bonds is 6. The smallest absolute Gasteiger partial charge is 0.254 e. The number of aliphatic hydroxyl groups is 1. The number of carbonyl (C=O) groups is 1. The molecule has 0 bridgehead atoms. The lowest BCUT2D eigenvalue weighted by molar-refractivity contribution is 0.0949. The Morgan fingerprint density at radius 1 is 1.40 bits per heavy atom. The summed E-state index contributed by atoms with van der Waals surface area (Å²) in [5.41, 5.74) is 0.579. The van der Waals surface area contributed by atoms with E-state index in [-0.39, 0.29) is 12.2 Å². The molecule has 4 heteroatoms. The Hall–Kier alpha value is -1.86. The summed E-state index contributed by atoms with van der Waals surface area (Å²) in [6.07, 6.45) is 3.35. The fourth-order valence-corrected chi connectivity index (χ4v) is 1.67. The molecule has 20 heavy (non-hydrogen) atoms. The number of unbranched alkanes of at least 4 members (excludes halogenated alkanes) is 2. The normalized spacial score (nSPS) is 9.75. The number of benzene rings is 1. The summed E-state index contributed by atoms with van der Waals surface area (Å²) in [5, 5.41) is 11.3. The van der Waals surface area contributed by atoms with Gasteiger partial charge in [0.1, 0.15) is 5.82 Å². The molecule has 108 valence electrons. The van der Waals surface area contributed by atoms with Crippen molar-refractivity contribution in [3.63, 3.8) is 0 Å². The molecule has 1 aromatic rings. The average molecular weight is 277 g/mol. The molecule has 2 N–H and O–H groups in total. The Labute approximate surface area is 119 Å². The van der Waals surface area contributed by atoms with Crippen LogP contribution in [-0.2, 0) is 0 Å². The van der Waals surface area contributed by atoms with Crippen LogP contribution in [0.2, 0.25) is 0 Å². The van der Waals surface area contributed by atoms with Gasteiger partial charge in [0.05, 0.1) is 12.2 Å². The van der Waals surface area contributed by atoms with Gasteiger partial charge >= 0.3 is 0 Å². The van der Waals surface area contributed by atoms with E-state index in [1.54, 1.807) is 0 Å². The molecule has 1 aromatic carbocycles. The third-order valence-corrected chi connectivity index (χ3v) is 2.75. The minimum atomic E-state index is -0.550. The number of hydrogen-bond donors (Lipinski definition) is 2. The van der Waals surface area contributed by atoms with Gasteiger partial charge in [-0.05, 0) is 24.6 Å². The molecule has 0 aliphatic rings. The molecule has 0 unspecified atom stereocenters. The number of carbonyl (C=O) groups excluding carboxylic acids is 1. The highest BCUT2D eigenvalue weighted by atomic mass is 19.1. The first-order valence-electron chi connectivity index (χ1n) is 6.86. The summed E-state index contributed by atoms with van der Waals surface area (Å²) in [7, 11) is 0. The third kappa shape index (κ3) is 5.41. The second-order valence-corrected chi connectivity index (χ2v) is 4.43. The molecule has 0 saturated carbocycles. The topological polar surface area (TPSA) is 49.3 Å². The Kier molecular flexibility index (Phi) is 7.38. The van der Waals surface area contributed by atoms with E-state index in [9.17, 15) is 9.18 Å². The second kappa shape index (κ2) is 9.11. The molecule has 3 nitrogen and oxygen atoms in total. The van der Waals surface area contributed by atoms with Gasteiger partial charge in [-0.1, -0.05) is 31.6 Å². The lowest BCUT2D eigenvalue weighted by atomic mass is 10.1. The molecule has 0 aliphatic carbocycles. The largest absolute Gasteiger partial charge is 0.395 e. The Morgan fingerprint density at radius 2 is 2.20 bits per heavy atom. The summed E-state index contributed by atoms with van der Waals surface area (Å²) < 4.78 is 13.6. The zero-order valence-corrected chi connectivity index (χ0v) is 11.7. The molecule has 0 aromatic heterocycles. The summed E-state index contributed by atoms with van der Waals surface area (Å²) >= 11 is 0. The first kappa shape index (κ1) is 16.2. The van der Waals surface area contributed by atoms with Gasteiger partial charge < -0.3 is 10.4 Å². The average Bonchev–Trinajstić information content (AvgIpc) is 2.45. The third-order valence-electron chi connectivity index (χ3n) is 2.75. The van der Waals surface area contributed by atoms with E-state index < -0.39 is 11.7 Å². The maximum Gasteiger partial charge on any atom is 0.254 e. The fraction of sp³-hybridized carbons (Fsp3) is 0.438. The molecule has 0 radical (unpaired) electrons. The van der Waals surface area contributed by atoms with Crippen molar-refractivity contribution in [2.45, 2.75) is 32.6 Å². The number of aliphatic hydroxyl groups excluding tert-OH is 1. The van der Waals surface area contributed by atoms with Gasteiger partial charge in [0.25, 0.3) is 5.91 Å². The highest BCUT2D eigenvalue weighted by Crippen LogP contribution is 2.10. The Morgan fingerprint density at radius 3 is 2.90 bits per heavy atom. The van der Waals surface area contributed by atoms with E-state index in [2.05, 4.69) is 24.1 Å². The number of amides is 1. The predicted octanol–water partition coefficient (Wildman–Crippen LogP) is 2.48. The van der Waals surface area contributed by atoms with E-state index in [4.69, 9.17) is 5.11 Å². The first-order chi connectivity index (χ1) is 9.69. The van der Waals surface area contributed by atoms with Crippen LogP contribution in [0.3, 0.4) is 0 Å². The molecule has 1 rings (SSSR count). The number of halogens is 1. The van der Waals surface area contributed by atoms with Crippen molar-refractivity contribution in [2.24, 2.45) is 0 Å².